The van der Waals surface area contributed by atoms with Crippen molar-refractivity contribution in [2.75, 3.05) is 26.2 Å². The second kappa shape index (κ2) is 7.05. The predicted molar refractivity (Wildman–Crippen MR) is 104 cm³/mol. The summed E-state index contributed by atoms with van der Waals surface area (Å²) in [7, 11) is -2.00. The minimum atomic E-state index is -2.00. The highest BCUT2D eigenvalue weighted by Crippen LogP contribution is 2.62. The van der Waals surface area contributed by atoms with Crippen LogP contribution in [0.3, 0.4) is 0 Å². The van der Waals surface area contributed by atoms with Crippen LogP contribution in [0.15, 0.2) is 42.6 Å². The summed E-state index contributed by atoms with van der Waals surface area (Å²) >= 11 is 0. The molecule has 1 aromatic carbocycles. The highest BCUT2D eigenvalue weighted by atomic mass is 31.2. The molecule has 0 aliphatic carbocycles. The van der Waals surface area contributed by atoms with Gasteiger partial charge in [0.05, 0.1) is 11.0 Å². The second-order valence-corrected chi connectivity index (χ2v) is 9.25. The van der Waals surface area contributed by atoms with Gasteiger partial charge in [0.15, 0.2) is 0 Å². The maximum absolute atomic E-state index is 11.4. The lowest BCUT2D eigenvalue weighted by Gasteiger charge is -2.30. The van der Waals surface area contributed by atoms with Crippen molar-refractivity contribution >= 4 is 19.4 Å². The Morgan fingerprint density at radius 1 is 1.22 bits per heavy atom. The molecule has 0 radical (unpaired) electrons. The first-order chi connectivity index (χ1) is 13.0. The van der Waals surface area contributed by atoms with E-state index in [4.69, 9.17) is 9.26 Å². The molecular weight excluding hydrogens is 367 g/mol. The third-order valence-electron chi connectivity index (χ3n) is 4.56. The van der Waals surface area contributed by atoms with Crippen molar-refractivity contribution in [3.63, 3.8) is 0 Å². The molecule has 0 amide bonds. The average molecular weight is 388 g/mol. The van der Waals surface area contributed by atoms with Gasteiger partial charge in [0.25, 0.3) is 0 Å². The molecule has 0 N–H and O–H groups in total. The number of hydrogen-bond acceptors (Lipinski definition) is 7. The third-order valence-corrected chi connectivity index (χ3v) is 7.78. The third kappa shape index (κ3) is 3.89. The van der Waals surface area contributed by atoms with Crippen LogP contribution in [0.25, 0.3) is 0 Å². The molecule has 142 valence electrons. The van der Waals surface area contributed by atoms with E-state index in [9.17, 15) is 10.1 Å². The molecule has 2 aliphatic heterocycles. The fourth-order valence-electron chi connectivity index (χ4n) is 2.88. The lowest BCUT2D eigenvalue weighted by molar-refractivity contribution is -0.385. The van der Waals surface area contributed by atoms with Gasteiger partial charge in [0, 0.05) is 44.5 Å². The molecule has 2 aliphatic rings. The Labute approximate surface area is 157 Å². The van der Waals surface area contributed by atoms with Gasteiger partial charge in [0.1, 0.15) is 7.41 Å². The summed E-state index contributed by atoms with van der Waals surface area (Å²) in [5.41, 5.74) is 0.701. The van der Waals surface area contributed by atoms with E-state index in [1.165, 1.54) is 6.07 Å². The van der Waals surface area contributed by atoms with Crippen LogP contribution in [0, 0.1) is 10.1 Å². The Hall–Kier alpha value is -2.25. The van der Waals surface area contributed by atoms with Gasteiger partial charge >= 0.3 is 5.69 Å². The van der Waals surface area contributed by atoms with Gasteiger partial charge in [-0.05, 0) is 37.0 Å². The zero-order valence-corrected chi connectivity index (χ0v) is 15.9. The van der Waals surface area contributed by atoms with Crippen LogP contribution in [-0.4, -0.2) is 51.7 Å². The van der Waals surface area contributed by atoms with Gasteiger partial charge in [0.2, 0.25) is 11.6 Å². The van der Waals surface area contributed by atoms with Crippen LogP contribution in [0.4, 0.5) is 5.69 Å². The second-order valence-electron chi connectivity index (χ2n) is 6.57. The van der Waals surface area contributed by atoms with Crippen molar-refractivity contribution in [3.8, 4) is 11.6 Å². The largest absolute Gasteiger partial charge is 0.432 e. The molecular formula is C18H21N4O4P. The van der Waals surface area contributed by atoms with E-state index < -0.39 is 12.3 Å². The number of aromatic nitrogens is 1. The maximum Gasteiger partial charge on any atom is 0.311 e. The highest BCUT2D eigenvalue weighted by molar-refractivity contribution is 7.65. The van der Waals surface area contributed by atoms with E-state index in [0.29, 0.717) is 5.88 Å². The van der Waals surface area contributed by atoms with E-state index in [1.807, 2.05) is 6.92 Å². The number of rotatable bonds is 8. The van der Waals surface area contributed by atoms with Gasteiger partial charge < -0.3 is 9.26 Å². The Bertz CT molecular complexity index is 883. The van der Waals surface area contributed by atoms with Crippen LogP contribution >= 0.6 is 7.41 Å². The SMILES string of the molecule is C=P(OC(C)c1ccc([N+](=O)[O-])c(Oc2ccccn2)c1)(N1CC1)N1CC1. The number of nitrogens with zero attached hydrogens (tertiary/aromatic N) is 4. The van der Waals surface area contributed by atoms with Crippen LogP contribution < -0.4 is 4.74 Å². The number of nitro benzene ring substituents is 1. The van der Waals surface area contributed by atoms with Gasteiger partial charge in [-0.15, -0.1) is 0 Å². The molecule has 0 saturated carbocycles. The summed E-state index contributed by atoms with van der Waals surface area (Å²) in [5, 5.41) is 11.4. The first-order valence-corrected chi connectivity index (χ1v) is 10.6. The molecule has 8 nitrogen and oxygen atoms in total. The minimum Gasteiger partial charge on any atom is -0.432 e. The van der Waals surface area contributed by atoms with Crippen molar-refractivity contribution in [2.24, 2.45) is 0 Å². The summed E-state index contributed by atoms with van der Waals surface area (Å²) in [5.74, 6) is 0.455. The fraction of sp³-hybridized carbons (Fsp3) is 0.333. The average Bonchev–Trinajstić information content (AvgIpc) is 3.54. The quantitative estimate of drug-likeness (QED) is 0.295. The molecule has 27 heavy (non-hydrogen) atoms. The van der Waals surface area contributed by atoms with Crippen molar-refractivity contribution in [2.45, 2.75) is 13.0 Å². The molecule has 2 fully saturated rings. The molecule has 3 heterocycles. The number of benzene rings is 1. The standard InChI is InChI=1S/C18H21N4O4P/c1-14(26-27(2,20-9-10-20)21-11-12-21)15-6-7-16(22(23)24)17(13-15)25-18-5-3-4-8-19-18/h3-8,13-14H,2,9-12H2,1H3. The highest BCUT2D eigenvalue weighted by Gasteiger charge is 2.43. The van der Waals surface area contributed by atoms with Gasteiger partial charge in [-0.2, -0.15) is 0 Å². The summed E-state index contributed by atoms with van der Waals surface area (Å²) in [6.07, 6.45) is 5.70. The van der Waals surface area contributed by atoms with Crippen LogP contribution in [0.2, 0.25) is 0 Å². The molecule has 2 aromatic rings. The van der Waals surface area contributed by atoms with E-state index in [2.05, 4.69) is 20.6 Å². The van der Waals surface area contributed by atoms with Crippen molar-refractivity contribution in [1.29, 1.82) is 0 Å². The molecule has 4 rings (SSSR count). The number of ether oxygens (including phenoxy) is 1. The molecule has 1 atom stereocenters. The topological polar surface area (TPSA) is 80.5 Å². The zero-order chi connectivity index (χ0) is 19.0. The summed E-state index contributed by atoms with van der Waals surface area (Å²) in [6, 6.07) is 10.00. The number of pyridine rings is 1. The first kappa shape index (κ1) is 18.1. The van der Waals surface area contributed by atoms with Gasteiger partial charge in [-0.25, -0.2) is 14.3 Å². The molecule has 0 spiro atoms. The van der Waals surface area contributed by atoms with Crippen molar-refractivity contribution in [3.05, 3.63) is 58.3 Å². The lowest BCUT2D eigenvalue weighted by atomic mass is 10.1. The Morgan fingerprint density at radius 2 is 1.93 bits per heavy atom. The smallest absolute Gasteiger partial charge is 0.311 e. The predicted octanol–water partition coefficient (Wildman–Crippen LogP) is 3.69. The normalized spacial score (nSPS) is 18.1. The monoisotopic (exact) mass is 388 g/mol. The number of hydrogen-bond donors (Lipinski definition) is 0. The van der Waals surface area contributed by atoms with E-state index in [0.717, 1.165) is 31.7 Å². The lowest BCUT2D eigenvalue weighted by Crippen LogP contribution is -2.11. The maximum atomic E-state index is 11.4. The fourth-order valence-corrected chi connectivity index (χ4v) is 5.56. The Balaban J connectivity index is 1.59. The first-order valence-electron chi connectivity index (χ1n) is 8.77. The number of nitro groups is 1. The molecule has 1 unspecified atom stereocenters. The van der Waals surface area contributed by atoms with E-state index in [1.54, 1.807) is 36.5 Å². The zero-order valence-electron chi connectivity index (χ0n) is 15.0. The summed E-state index contributed by atoms with van der Waals surface area (Å²) in [6.45, 7) is 5.98. The molecule has 0 bridgehead atoms. The Morgan fingerprint density at radius 3 is 2.48 bits per heavy atom. The van der Waals surface area contributed by atoms with Crippen LogP contribution in [0.5, 0.6) is 11.6 Å². The molecule has 9 heteroatoms. The van der Waals surface area contributed by atoms with Crippen LogP contribution in [-0.2, 0) is 4.52 Å². The van der Waals surface area contributed by atoms with Gasteiger partial charge in [-0.1, -0.05) is 6.07 Å². The van der Waals surface area contributed by atoms with Gasteiger partial charge in [-0.3, -0.25) is 10.1 Å². The summed E-state index contributed by atoms with van der Waals surface area (Å²) < 4.78 is 16.6. The Kier molecular flexibility index (Phi) is 4.74. The summed E-state index contributed by atoms with van der Waals surface area (Å²) in [4.78, 5) is 15.0. The molecule has 1 aromatic heterocycles. The van der Waals surface area contributed by atoms with Crippen molar-refractivity contribution < 1.29 is 14.2 Å². The molecule has 2 saturated heterocycles. The minimum absolute atomic E-state index is 0.107. The van der Waals surface area contributed by atoms with Crippen LogP contribution in [0.1, 0.15) is 18.6 Å². The van der Waals surface area contributed by atoms with Crippen molar-refractivity contribution in [1.82, 2.24) is 14.3 Å². The van der Waals surface area contributed by atoms with E-state index in [-0.39, 0.29) is 17.5 Å². The van der Waals surface area contributed by atoms with E-state index >= 15 is 0 Å².